The summed E-state index contributed by atoms with van der Waals surface area (Å²) in [6.45, 7) is 0.757. The molecule has 0 spiro atoms. The van der Waals surface area contributed by atoms with Gasteiger partial charge in [0.2, 0.25) is 0 Å². The Morgan fingerprint density at radius 3 is 2.68 bits per heavy atom. The highest BCUT2D eigenvalue weighted by Gasteiger charge is 2.34. The smallest absolute Gasteiger partial charge is 0.0492 e. The van der Waals surface area contributed by atoms with Crippen LogP contribution in [0.15, 0.2) is 28.9 Å². The standard InChI is InChI=1S/C16H21BrN2/c1-19-10-13(17)15-12(6-5-7-14(15)19)16(11-18)8-3-2-4-9-16/h5-7,10H,2-4,8-9,11,18H2,1H3. The van der Waals surface area contributed by atoms with E-state index in [1.54, 1.807) is 0 Å². The number of benzene rings is 1. The summed E-state index contributed by atoms with van der Waals surface area (Å²) >= 11 is 3.73. The molecule has 1 saturated carbocycles. The molecule has 0 amide bonds. The van der Waals surface area contributed by atoms with Crippen molar-refractivity contribution in [1.29, 1.82) is 0 Å². The Bertz CT molecular complexity index is 594. The summed E-state index contributed by atoms with van der Waals surface area (Å²) in [5, 5.41) is 1.36. The lowest BCUT2D eigenvalue weighted by Gasteiger charge is -2.37. The van der Waals surface area contributed by atoms with Gasteiger partial charge in [0.1, 0.15) is 0 Å². The lowest BCUT2D eigenvalue weighted by Crippen LogP contribution is -2.37. The third-order valence-corrected chi connectivity index (χ3v) is 5.34. The van der Waals surface area contributed by atoms with E-state index in [0.717, 1.165) is 6.54 Å². The monoisotopic (exact) mass is 320 g/mol. The number of halogens is 1. The second-order valence-corrected chi connectivity index (χ2v) is 6.69. The van der Waals surface area contributed by atoms with Crippen LogP contribution in [0.25, 0.3) is 10.9 Å². The van der Waals surface area contributed by atoms with Gasteiger partial charge in [0.25, 0.3) is 0 Å². The van der Waals surface area contributed by atoms with Crippen LogP contribution < -0.4 is 5.73 Å². The second-order valence-electron chi connectivity index (χ2n) is 5.83. The highest BCUT2D eigenvalue weighted by Crippen LogP contribution is 2.43. The Balaban J connectivity index is 2.23. The van der Waals surface area contributed by atoms with Gasteiger partial charge in [0, 0.05) is 40.6 Å². The molecule has 2 N–H and O–H groups in total. The average molecular weight is 321 g/mol. The van der Waals surface area contributed by atoms with Crippen LogP contribution in [0.1, 0.15) is 37.7 Å². The number of nitrogens with two attached hydrogens (primary N) is 1. The van der Waals surface area contributed by atoms with Crippen LogP contribution in [0.4, 0.5) is 0 Å². The molecular formula is C16H21BrN2. The summed E-state index contributed by atoms with van der Waals surface area (Å²) in [6, 6.07) is 6.65. The zero-order chi connectivity index (χ0) is 13.5. The number of hydrogen-bond acceptors (Lipinski definition) is 1. The molecule has 102 valence electrons. The Morgan fingerprint density at radius 1 is 1.26 bits per heavy atom. The van der Waals surface area contributed by atoms with Gasteiger partial charge in [-0.25, -0.2) is 0 Å². The van der Waals surface area contributed by atoms with Gasteiger partial charge in [0.05, 0.1) is 0 Å². The topological polar surface area (TPSA) is 30.9 Å². The molecule has 2 nitrogen and oxygen atoms in total. The maximum Gasteiger partial charge on any atom is 0.0492 e. The van der Waals surface area contributed by atoms with E-state index in [9.17, 15) is 0 Å². The summed E-state index contributed by atoms with van der Waals surface area (Å²) in [5.74, 6) is 0. The van der Waals surface area contributed by atoms with E-state index in [4.69, 9.17) is 5.73 Å². The molecule has 2 aromatic rings. The molecule has 1 aliphatic carbocycles. The first-order valence-corrected chi connectivity index (χ1v) is 7.91. The molecular weight excluding hydrogens is 300 g/mol. The van der Waals surface area contributed by atoms with Gasteiger partial charge >= 0.3 is 0 Å². The number of hydrogen-bond donors (Lipinski definition) is 1. The fraction of sp³-hybridized carbons (Fsp3) is 0.500. The van der Waals surface area contributed by atoms with Crippen LogP contribution in [0.3, 0.4) is 0 Å². The molecule has 1 aromatic heterocycles. The molecule has 3 rings (SSSR count). The van der Waals surface area contributed by atoms with Crippen molar-refractivity contribution in [1.82, 2.24) is 4.57 Å². The van der Waals surface area contributed by atoms with Crippen molar-refractivity contribution in [2.24, 2.45) is 12.8 Å². The zero-order valence-corrected chi connectivity index (χ0v) is 13.0. The SMILES string of the molecule is Cn1cc(Br)c2c(C3(CN)CCCCC3)cccc21. The van der Waals surface area contributed by atoms with Gasteiger partial charge < -0.3 is 10.3 Å². The van der Waals surface area contributed by atoms with Crippen LogP contribution in [0.2, 0.25) is 0 Å². The molecule has 0 unspecified atom stereocenters. The first-order valence-electron chi connectivity index (χ1n) is 7.12. The lowest BCUT2D eigenvalue weighted by atomic mass is 9.68. The van der Waals surface area contributed by atoms with Crippen molar-refractivity contribution in [3.63, 3.8) is 0 Å². The first kappa shape index (κ1) is 13.2. The first-order chi connectivity index (χ1) is 9.18. The minimum atomic E-state index is 0.182. The number of aromatic nitrogens is 1. The molecule has 0 atom stereocenters. The van der Waals surface area contributed by atoms with E-state index in [1.807, 2.05) is 0 Å². The number of fused-ring (bicyclic) bond motifs is 1. The van der Waals surface area contributed by atoms with Crippen molar-refractivity contribution < 1.29 is 0 Å². The van der Waals surface area contributed by atoms with Crippen LogP contribution in [0.5, 0.6) is 0 Å². The van der Waals surface area contributed by atoms with Gasteiger partial charge in [-0.2, -0.15) is 0 Å². The molecule has 0 bridgehead atoms. The molecule has 0 aliphatic heterocycles. The fourth-order valence-corrected chi connectivity index (χ4v) is 4.37. The minimum absolute atomic E-state index is 0.182. The zero-order valence-electron chi connectivity index (χ0n) is 11.5. The number of aryl methyl sites for hydroxylation is 1. The van der Waals surface area contributed by atoms with E-state index >= 15 is 0 Å². The summed E-state index contributed by atoms with van der Waals surface area (Å²) in [7, 11) is 2.10. The largest absolute Gasteiger partial charge is 0.349 e. The van der Waals surface area contributed by atoms with Gasteiger partial charge in [-0.3, -0.25) is 0 Å². The number of rotatable bonds is 2. The molecule has 1 aliphatic rings. The maximum absolute atomic E-state index is 6.20. The molecule has 1 fully saturated rings. The summed E-state index contributed by atoms with van der Waals surface area (Å²) < 4.78 is 3.38. The van der Waals surface area contributed by atoms with Crippen molar-refractivity contribution in [3.05, 3.63) is 34.4 Å². The van der Waals surface area contributed by atoms with Crippen LogP contribution in [-0.4, -0.2) is 11.1 Å². The molecule has 1 heterocycles. The molecule has 0 radical (unpaired) electrons. The minimum Gasteiger partial charge on any atom is -0.349 e. The Hall–Kier alpha value is -0.800. The van der Waals surface area contributed by atoms with Crippen molar-refractivity contribution in [2.75, 3.05) is 6.54 Å². The lowest BCUT2D eigenvalue weighted by molar-refractivity contribution is 0.303. The summed E-state index contributed by atoms with van der Waals surface area (Å²) in [5.41, 5.74) is 9.12. The van der Waals surface area contributed by atoms with E-state index in [2.05, 4.69) is 51.9 Å². The van der Waals surface area contributed by atoms with Gasteiger partial charge in [-0.1, -0.05) is 31.4 Å². The Labute approximate surface area is 123 Å². The van der Waals surface area contributed by atoms with Crippen molar-refractivity contribution in [3.8, 4) is 0 Å². The predicted molar refractivity (Wildman–Crippen MR) is 84.4 cm³/mol. The molecule has 0 saturated heterocycles. The quantitative estimate of drug-likeness (QED) is 0.887. The molecule has 3 heteroatoms. The van der Waals surface area contributed by atoms with E-state index in [1.165, 1.54) is 53.0 Å². The molecule has 19 heavy (non-hydrogen) atoms. The fourth-order valence-electron chi connectivity index (χ4n) is 3.64. The van der Waals surface area contributed by atoms with E-state index in [-0.39, 0.29) is 5.41 Å². The third kappa shape index (κ3) is 2.03. The predicted octanol–water partition coefficient (Wildman–Crippen LogP) is 4.10. The second kappa shape index (κ2) is 4.95. The number of nitrogens with zero attached hydrogens (tertiary/aromatic N) is 1. The maximum atomic E-state index is 6.20. The van der Waals surface area contributed by atoms with E-state index < -0.39 is 0 Å². The Kier molecular flexibility index (Phi) is 3.44. The Morgan fingerprint density at radius 2 is 2.00 bits per heavy atom. The van der Waals surface area contributed by atoms with E-state index in [0.29, 0.717) is 0 Å². The highest BCUT2D eigenvalue weighted by molar-refractivity contribution is 9.10. The summed E-state index contributed by atoms with van der Waals surface area (Å²) in [6.07, 6.45) is 8.57. The highest BCUT2D eigenvalue weighted by atomic mass is 79.9. The van der Waals surface area contributed by atoms with Crippen LogP contribution in [-0.2, 0) is 12.5 Å². The van der Waals surface area contributed by atoms with Crippen LogP contribution in [0, 0.1) is 0 Å². The normalized spacial score (nSPS) is 18.9. The third-order valence-electron chi connectivity index (χ3n) is 4.74. The van der Waals surface area contributed by atoms with Crippen LogP contribution >= 0.6 is 15.9 Å². The van der Waals surface area contributed by atoms with Gasteiger partial charge in [-0.15, -0.1) is 0 Å². The summed E-state index contributed by atoms with van der Waals surface area (Å²) in [4.78, 5) is 0. The van der Waals surface area contributed by atoms with Gasteiger partial charge in [0.15, 0.2) is 0 Å². The van der Waals surface area contributed by atoms with Gasteiger partial charge in [-0.05, 0) is 40.4 Å². The van der Waals surface area contributed by atoms with Crippen molar-refractivity contribution in [2.45, 2.75) is 37.5 Å². The van der Waals surface area contributed by atoms with Crippen molar-refractivity contribution >= 4 is 26.8 Å². The molecule has 1 aromatic carbocycles. The average Bonchev–Trinajstić information content (AvgIpc) is 2.75.